The first kappa shape index (κ1) is 19.5. The molecule has 4 aromatic rings. The molecule has 5 nitrogen and oxygen atoms in total. The maximum Gasteiger partial charge on any atom is 0.193 e. The van der Waals surface area contributed by atoms with Crippen LogP contribution in [-0.2, 0) is 6.61 Å². The van der Waals surface area contributed by atoms with Crippen molar-refractivity contribution >= 4 is 10.9 Å². The Balaban J connectivity index is 1.80. The molecule has 1 aromatic heterocycles. The molecule has 0 aliphatic carbocycles. The highest BCUT2D eigenvalue weighted by Crippen LogP contribution is 2.35. The molecule has 3 aromatic carbocycles. The van der Waals surface area contributed by atoms with Crippen LogP contribution in [0.1, 0.15) is 5.56 Å². The van der Waals surface area contributed by atoms with Gasteiger partial charge in [-0.05, 0) is 29.8 Å². The second kappa shape index (κ2) is 8.29. The molecule has 0 unspecified atom stereocenters. The molecule has 0 fully saturated rings. The van der Waals surface area contributed by atoms with Crippen molar-refractivity contribution in [1.82, 2.24) is 4.98 Å². The standard InChI is InChI=1S/C24H20FNO4/c1-28-16-8-9-17(18(25)12-16)20-13-21(27)23-19(26-20)10-11-22(29-2)24(23)30-14-15-6-4-3-5-7-15/h3-13H,14H2,1-2H3,(H,26,27). The number of aromatic nitrogens is 1. The Morgan fingerprint density at radius 2 is 1.73 bits per heavy atom. The number of fused-ring (bicyclic) bond motifs is 1. The molecule has 0 aliphatic heterocycles. The van der Waals surface area contributed by atoms with Gasteiger partial charge >= 0.3 is 0 Å². The largest absolute Gasteiger partial charge is 0.497 e. The van der Waals surface area contributed by atoms with Crippen LogP contribution < -0.4 is 19.6 Å². The van der Waals surface area contributed by atoms with Gasteiger partial charge in [0.15, 0.2) is 16.9 Å². The average molecular weight is 405 g/mol. The quantitative estimate of drug-likeness (QED) is 0.494. The first-order valence-electron chi connectivity index (χ1n) is 9.35. The highest BCUT2D eigenvalue weighted by molar-refractivity contribution is 5.89. The van der Waals surface area contributed by atoms with Crippen molar-refractivity contribution in [3.05, 3.63) is 88.3 Å². The van der Waals surface area contributed by atoms with Crippen LogP contribution in [0.25, 0.3) is 22.2 Å². The smallest absolute Gasteiger partial charge is 0.193 e. The minimum absolute atomic E-state index is 0.275. The van der Waals surface area contributed by atoms with E-state index in [4.69, 9.17) is 14.2 Å². The molecule has 0 saturated heterocycles. The molecule has 1 N–H and O–H groups in total. The molecular formula is C24H20FNO4. The summed E-state index contributed by atoms with van der Waals surface area (Å²) in [6.07, 6.45) is 0. The number of pyridine rings is 1. The lowest BCUT2D eigenvalue weighted by Crippen LogP contribution is -2.08. The van der Waals surface area contributed by atoms with Gasteiger partial charge in [0, 0.05) is 17.7 Å². The lowest BCUT2D eigenvalue weighted by atomic mass is 10.1. The van der Waals surface area contributed by atoms with Crippen LogP contribution in [0.2, 0.25) is 0 Å². The van der Waals surface area contributed by atoms with E-state index in [1.807, 2.05) is 30.3 Å². The molecule has 0 aliphatic rings. The third-order valence-corrected chi connectivity index (χ3v) is 4.83. The summed E-state index contributed by atoms with van der Waals surface area (Å²) in [5.74, 6) is 0.716. The summed E-state index contributed by atoms with van der Waals surface area (Å²) in [5, 5.41) is 0.350. The summed E-state index contributed by atoms with van der Waals surface area (Å²) in [7, 11) is 2.99. The van der Waals surface area contributed by atoms with E-state index in [2.05, 4.69) is 4.98 Å². The Bertz CT molecular complexity index is 1250. The second-order valence-corrected chi connectivity index (χ2v) is 6.69. The number of methoxy groups -OCH3 is 2. The van der Waals surface area contributed by atoms with Crippen molar-refractivity contribution in [2.75, 3.05) is 14.2 Å². The zero-order valence-corrected chi connectivity index (χ0v) is 16.6. The highest BCUT2D eigenvalue weighted by Gasteiger charge is 2.16. The molecule has 0 spiro atoms. The molecule has 0 atom stereocenters. The van der Waals surface area contributed by atoms with Gasteiger partial charge in [0.25, 0.3) is 0 Å². The highest BCUT2D eigenvalue weighted by atomic mass is 19.1. The monoisotopic (exact) mass is 405 g/mol. The molecule has 6 heteroatoms. The zero-order valence-electron chi connectivity index (χ0n) is 16.6. The van der Waals surface area contributed by atoms with Crippen LogP contribution in [0.15, 0.2) is 71.5 Å². The lowest BCUT2D eigenvalue weighted by molar-refractivity contribution is 0.288. The molecule has 0 bridgehead atoms. The summed E-state index contributed by atoms with van der Waals surface area (Å²) in [5.41, 5.74) is 1.83. The molecule has 0 amide bonds. The third-order valence-electron chi connectivity index (χ3n) is 4.83. The first-order chi connectivity index (χ1) is 14.6. The van der Waals surface area contributed by atoms with Gasteiger partial charge in [-0.2, -0.15) is 0 Å². The second-order valence-electron chi connectivity index (χ2n) is 6.69. The Hall–Kier alpha value is -3.80. The third kappa shape index (κ3) is 3.72. The van der Waals surface area contributed by atoms with Crippen LogP contribution >= 0.6 is 0 Å². The van der Waals surface area contributed by atoms with Crippen LogP contribution in [0.5, 0.6) is 17.2 Å². The van der Waals surface area contributed by atoms with E-state index in [1.54, 1.807) is 24.3 Å². The number of hydrogen-bond donors (Lipinski definition) is 1. The Morgan fingerprint density at radius 1 is 0.933 bits per heavy atom. The fourth-order valence-electron chi connectivity index (χ4n) is 3.32. The number of rotatable bonds is 6. The Labute approximate surface area is 172 Å². The number of benzene rings is 3. The minimum atomic E-state index is -0.488. The maximum atomic E-state index is 14.5. The Morgan fingerprint density at radius 3 is 2.43 bits per heavy atom. The number of halogens is 1. The fourth-order valence-corrected chi connectivity index (χ4v) is 3.32. The van der Waals surface area contributed by atoms with E-state index in [1.165, 1.54) is 26.4 Å². The molecule has 0 radical (unpaired) electrons. The van der Waals surface area contributed by atoms with Crippen LogP contribution in [0.4, 0.5) is 4.39 Å². The molecule has 152 valence electrons. The molecular weight excluding hydrogens is 385 g/mol. The van der Waals surface area contributed by atoms with Crippen molar-refractivity contribution in [1.29, 1.82) is 0 Å². The predicted molar refractivity (Wildman–Crippen MR) is 114 cm³/mol. The van der Waals surface area contributed by atoms with Gasteiger partial charge in [-0.25, -0.2) is 4.39 Å². The SMILES string of the molecule is COc1ccc(-c2cc(=O)c3c(OCc4ccccc4)c(OC)ccc3[nH]2)c(F)c1. The van der Waals surface area contributed by atoms with Gasteiger partial charge in [-0.3, -0.25) is 4.79 Å². The van der Waals surface area contributed by atoms with Crippen LogP contribution in [0.3, 0.4) is 0 Å². The number of aromatic amines is 1. The number of ether oxygens (including phenoxy) is 3. The van der Waals surface area contributed by atoms with E-state index in [0.717, 1.165) is 5.56 Å². The molecule has 0 saturated carbocycles. The molecule has 1 heterocycles. The summed E-state index contributed by atoms with van der Waals surface area (Å²) < 4.78 is 30.9. The van der Waals surface area contributed by atoms with Gasteiger partial charge in [-0.15, -0.1) is 0 Å². The van der Waals surface area contributed by atoms with Gasteiger partial charge < -0.3 is 19.2 Å². The molecule has 30 heavy (non-hydrogen) atoms. The van der Waals surface area contributed by atoms with E-state index in [9.17, 15) is 9.18 Å². The fraction of sp³-hybridized carbons (Fsp3) is 0.125. The van der Waals surface area contributed by atoms with E-state index >= 15 is 0 Å². The average Bonchev–Trinajstić information content (AvgIpc) is 2.77. The normalized spacial score (nSPS) is 10.8. The summed E-state index contributed by atoms with van der Waals surface area (Å²) in [6, 6.07) is 18.9. The van der Waals surface area contributed by atoms with Gasteiger partial charge in [0.05, 0.1) is 30.8 Å². The van der Waals surface area contributed by atoms with E-state index < -0.39 is 5.82 Å². The number of nitrogens with one attached hydrogen (secondary N) is 1. The van der Waals surface area contributed by atoms with Gasteiger partial charge in [-0.1, -0.05) is 30.3 Å². The van der Waals surface area contributed by atoms with Crippen LogP contribution in [-0.4, -0.2) is 19.2 Å². The predicted octanol–water partition coefficient (Wildman–Crippen LogP) is 4.93. The Kier molecular flexibility index (Phi) is 5.39. The van der Waals surface area contributed by atoms with Gasteiger partial charge in [0.2, 0.25) is 0 Å². The first-order valence-corrected chi connectivity index (χ1v) is 9.35. The maximum absolute atomic E-state index is 14.5. The van der Waals surface area contributed by atoms with Crippen molar-refractivity contribution in [2.24, 2.45) is 0 Å². The summed E-state index contributed by atoms with van der Waals surface area (Å²) >= 11 is 0. The van der Waals surface area contributed by atoms with E-state index in [0.29, 0.717) is 33.8 Å². The van der Waals surface area contributed by atoms with Crippen molar-refractivity contribution in [2.45, 2.75) is 6.61 Å². The van der Waals surface area contributed by atoms with Crippen molar-refractivity contribution < 1.29 is 18.6 Å². The summed E-state index contributed by atoms with van der Waals surface area (Å²) in [6.45, 7) is 0.282. The molecule has 4 rings (SSSR count). The van der Waals surface area contributed by atoms with Crippen LogP contribution in [0, 0.1) is 5.82 Å². The van der Waals surface area contributed by atoms with Crippen molar-refractivity contribution in [3.63, 3.8) is 0 Å². The summed E-state index contributed by atoms with van der Waals surface area (Å²) in [4.78, 5) is 16.1. The number of hydrogen-bond acceptors (Lipinski definition) is 4. The number of H-pyrrole nitrogens is 1. The van der Waals surface area contributed by atoms with Gasteiger partial charge in [0.1, 0.15) is 18.2 Å². The van der Waals surface area contributed by atoms with Crippen molar-refractivity contribution in [3.8, 4) is 28.5 Å². The lowest BCUT2D eigenvalue weighted by Gasteiger charge is -2.14. The zero-order chi connectivity index (χ0) is 21.1. The minimum Gasteiger partial charge on any atom is -0.497 e. The van der Waals surface area contributed by atoms with E-state index in [-0.39, 0.29) is 17.6 Å². The topological polar surface area (TPSA) is 60.6 Å².